The molecule has 23 heavy (non-hydrogen) atoms. The van der Waals surface area contributed by atoms with Crippen molar-refractivity contribution in [1.82, 2.24) is 4.90 Å². The summed E-state index contributed by atoms with van der Waals surface area (Å²) in [6.07, 6.45) is 8.88. The van der Waals surface area contributed by atoms with Crippen molar-refractivity contribution < 1.29 is 4.79 Å². The maximum atomic E-state index is 12.7. The normalized spacial score (nSPS) is 26.2. The molecule has 1 saturated heterocycles. The molecule has 1 aliphatic carbocycles. The highest BCUT2D eigenvalue weighted by atomic mass is 16.2. The molecule has 3 nitrogen and oxygen atoms in total. The minimum atomic E-state index is 0.194. The molecule has 2 N–H and O–H groups in total. The first-order valence-electron chi connectivity index (χ1n) is 9.30. The van der Waals surface area contributed by atoms with E-state index in [0.29, 0.717) is 5.91 Å². The maximum Gasteiger partial charge on any atom is 0.225 e. The molecule has 2 fully saturated rings. The first-order valence-corrected chi connectivity index (χ1v) is 9.30. The van der Waals surface area contributed by atoms with Crippen molar-refractivity contribution in [2.24, 2.45) is 17.6 Å². The summed E-state index contributed by atoms with van der Waals surface area (Å²) in [6, 6.07) is 11.0. The average Bonchev–Trinajstić information content (AvgIpc) is 2.61. The Balaban J connectivity index is 1.42. The molecule has 3 rings (SSSR count). The lowest BCUT2D eigenvalue weighted by atomic mass is 9.84. The Labute approximate surface area is 140 Å². The number of nitrogens with zero attached hydrogens (tertiary/aromatic N) is 1. The van der Waals surface area contributed by atoms with Gasteiger partial charge in [-0.2, -0.15) is 0 Å². The molecule has 2 atom stereocenters. The van der Waals surface area contributed by atoms with Gasteiger partial charge in [0.25, 0.3) is 0 Å². The van der Waals surface area contributed by atoms with Gasteiger partial charge in [-0.25, -0.2) is 0 Å². The van der Waals surface area contributed by atoms with Crippen molar-refractivity contribution in [2.45, 2.75) is 57.4 Å². The van der Waals surface area contributed by atoms with E-state index < -0.39 is 0 Å². The van der Waals surface area contributed by atoms with E-state index in [-0.39, 0.29) is 12.0 Å². The Kier molecular flexibility index (Phi) is 5.71. The molecule has 0 bridgehead atoms. The maximum absolute atomic E-state index is 12.7. The van der Waals surface area contributed by atoms with Crippen LogP contribution in [0.2, 0.25) is 0 Å². The summed E-state index contributed by atoms with van der Waals surface area (Å²) in [6.45, 7) is 1.90. The van der Waals surface area contributed by atoms with Crippen LogP contribution in [0.4, 0.5) is 0 Å². The van der Waals surface area contributed by atoms with Crippen LogP contribution in [0.3, 0.4) is 0 Å². The highest BCUT2D eigenvalue weighted by Gasteiger charge is 2.31. The number of carbonyl (C=O) groups is 1. The fourth-order valence-electron chi connectivity index (χ4n) is 4.17. The Morgan fingerprint density at radius 3 is 2.52 bits per heavy atom. The molecule has 1 heterocycles. The summed E-state index contributed by atoms with van der Waals surface area (Å²) in [7, 11) is 0. The minimum absolute atomic E-state index is 0.194. The van der Waals surface area contributed by atoms with Crippen LogP contribution in [0.15, 0.2) is 30.3 Å². The van der Waals surface area contributed by atoms with Crippen LogP contribution in [0.25, 0.3) is 0 Å². The predicted molar refractivity (Wildman–Crippen MR) is 94.0 cm³/mol. The van der Waals surface area contributed by atoms with Crippen LogP contribution in [-0.2, 0) is 11.2 Å². The first-order chi connectivity index (χ1) is 11.2. The number of rotatable bonds is 4. The second-order valence-corrected chi connectivity index (χ2v) is 7.42. The van der Waals surface area contributed by atoms with Gasteiger partial charge in [0.2, 0.25) is 5.91 Å². The lowest BCUT2D eigenvalue weighted by molar-refractivity contribution is -0.138. The third-order valence-electron chi connectivity index (χ3n) is 5.67. The highest BCUT2D eigenvalue weighted by Crippen LogP contribution is 2.28. The van der Waals surface area contributed by atoms with E-state index >= 15 is 0 Å². The number of hydrogen-bond acceptors (Lipinski definition) is 2. The zero-order valence-corrected chi connectivity index (χ0v) is 14.1. The van der Waals surface area contributed by atoms with Gasteiger partial charge in [0.05, 0.1) is 0 Å². The third-order valence-corrected chi connectivity index (χ3v) is 5.67. The number of hydrogen-bond donors (Lipinski definition) is 1. The van der Waals surface area contributed by atoms with Crippen LogP contribution < -0.4 is 5.73 Å². The van der Waals surface area contributed by atoms with Gasteiger partial charge in [0.1, 0.15) is 0 Å². The second-order valence-electron chi connectivity index (χ2n) is 7.42. The number of amides is 1. The molecular formula is C20H30N2O. The van der Waals surface area contributed by atoms with Gasteiger partial charge in [-0.05, 0) is 56.4 Å². The van der Waals surface area contributed by atoms with E-state index in [0.717, 1.165) is 64.0 Å². The van der Waals surface area contributed by atoms with E-state index in [1.54, 1.807) is 0 Å². The Morgan fingerprint density at radius 1 is 1.09 bits per heavy atom. The number of aryl methyl sites for hydroxylation is 1. The molecule has 2 aliphatic rings. The van der Waals surface area contributed by atoms with Gasteiger partial charge >= 0.3 is 0 Å². The highest BCUT2D eigenvalue weighted by molar-refractivity contribution is 5.79. The van der Waals surface area contributed by atoms with E-state index in [1.807, 2.05) is 0 Å². The van der Waals surface area contributed by atoms with Gasteiger partial charge in [-0.3, -0.25) is 4.79 Å². The van der Waals surface area contributed by atoms with E-state index in [9.17, 15) is 4.79 Å². The number of benzene rings is 1. The summed E-state index contributed by atoms with van der Waals surface area (Å²) >= 11 is 0. The number of piperidine rings is 1. The van der Waals surface area contributed by atoms with Gasteiger partial charge in [0.15, 0.2) is 0 Å². The monoisotopic (exact) mass is 314 g/mol. The van der Waals surface area contributed by atoms with Gasteiger partial charge < -0.3 is 10.6 Å². The van der Waals surface area contributed by atoms with Crippen LogP contribution in [0, 0.1) is 11.8 Å². The first kappa shape index (κ1) is 16.5. The quantitative estimate of drug-likeness (QED) is 0.926. The van der Waals surface area contributed by atoms with Crippen molar-refractivity contribution >= 4 is 5.91 Å². The Bertz CT molecular complexity index is 494. The van der Waals surface area contributed by atoms with Crippen molar-refractivity contribution in [3.8, 4) is 0 Å². The number of carbonyl (C=O) groups excluding carboxylic acids is 1. The van der Waals surface area contributed by atoms with Crippen molar-refractivity contribution in [3.05, 3.63) is 35.9 Å². The smallest absolute Gasteiger partial charge is 0.225 e. The van der Waals surface area contributed by atoms with Crippen LogP contribution in [0.5, 0.6) is 0 Å². The molecular weight excluding hydrogens is 284 g/mol. The summed E-state index contributed by atoms with van der Waals surface area (Å²) < 4.78 is 0. The van der Waals surface area contributed by atoms with E-state index in [2.05, 4.69) is 35.2 Å². The Morgan fingerprint density at radius 2 is 1.83 bits per heavy atom. The van der Waals surface area contributed by atoms with Crippen LogP contribution in [0.1, 0.15) is 50.5 Å². The number of likely N-dealkylation sites (tertiary alicyclic amines) is 1. The molecule has 0 spiro atoms. The molecule has 2 unspecified atom stereocenters. The third kappa shape index (κ3) is 4.57. The number of nitrogens with two attached hydrogens (primary N) is 1. The van der Waals surface area contributed by atoms with E-state index in [4.69, 9.17) is 5.73 Å². The van der Waals surface area contributed by atoms with Gasteiger partial charge in [-0.1, -0.05) is 36.8 Å². The molecule has 1 aromatic rings. The average molecular weight is 314 g/mol. The fraction of sp³-hybridized carbons (Fsp3) is 0.650. The topological polar surface area (TPSA) is 46.3 Å². The summed E-state index contributed by atoms with van der Waals surface area (Å²) in [5.74, 6) is 1.34. The molecule has 0 radical (unpaired) electrons. The molecule has 126 valence electrons. The van der Waals surface area contributed by atoms with Crippen LogP contribution in [-0.4, -0.2) is 29.9 Å². The lowest BCUT2D eigenvalue weighted by Crippen LogP contribution is -2.44. The van der Waals surface area contributed by atoms with Crippen LogP contribution >= 0.6 is 0 Å². The predicted octanol–water partition coefficient (Wildman–Crippen LogP) is 3.38. The SMILES string of the molecule is NC1CCCC(C(=O)N2CCC(CCc3ccccc3)CC2)C1. The largest absolute Gasteiger partial charge is 0.342 e. The summed E-state index contributed by atoms with van der Waals surface area (Å²) in [4.78, 5) is 14.8. The van der Waals surface area contributed by atoms with Crippen molar-refractivity contribution in [1.29, 1.82) is 0 Å². The van der Waals surface area contributed by atoms with Gasteiger partial charge in [0, 0.05) is 25.0 Å². The van der Waals surface area contributed by atoms with Gasteiger partial charge in [-0.15, -0.1) is 0 Å². The lowest BCUT2D eigenvalue weighted by Gasteiger charge is -2.36. The molecule has 0 aromatic heterocycles. The summed E-state index contributed by atoms with van der Waals surface area (Å²) in [5.41, 5.74) is 7.47. The molecule has 3 heteroatoms. The minimum Gasteiger partial charge on any atom is -0.342 e. The van der Waals surface area contributed by atoms with Crippen molar-refractivity contribution in [3.63, 3.8) is 0 Å². The molecule has 1 amide bonds. The zero-order chi connectivity index (χ0) is 16.1. The second kappa shape index (κ2) is 7.96. The Hall–Kier alpha value is -1.35. The standard InChI is InChI=1S/C20H30N2O/c21-19-8-4-7-18(15-19)20(23)22-13-11-17(12-14-22)10-9-16-5-2-1-3-6-16/h1-3,5-6,17-19H,4,7-15,21H2. The van der Waals surface area contributed by atoms with E-state index in [1.165, 1.54) is 12.0 Å². The molecule has 1 aromatic carbocycles. The molecule has 1 aliphatic heterocycles. The summed E-state index contributed by atoms with van der Waals surface area (Å²) in [5, 5.41) is 0. The zero-order valence-electron chi connectivity index (χ0n) is 14.1. The molecule has 1 saturated carbocycles. The fourth-order valence-corrected chi connectivity index (χ4v) is 4.17. The van der Waals surface area contributed by atoms with Crippen molar-refractivity contribution in [2.75, 3.05) is 13.1 Å².